The maximum absolute atomic E-state index is 12.0. The van der Waals surface area contributed by atoms with Crippen LogP contribution in [0.5, 0.6) is 0 Å². The number of carbonyl (C=O) groups is 1. The molecule has 0 saturated heterocycles. The number of anilines is 1. The highest BCUT2D eigenvalue weighted by atomic mass is 16.2. The summed E-state index contributed by atoms with van der Waals surface area (Å²) in [5, 5.41) is 8.78. The van der Waals surface area contributed by atoms with E-state index in [-0.39, 0.29) is 17.9 Å². The number of rotatable bonds is 6. The summed E-state index contributed by atoms with van der Waals surface area (Å²) in [5.41, 5.74) is 3.13. The van der Waals surface area contributed by atoms with Gasteiger partial charge in [0.15, 0.2) is 0 Å². The van der Waals surface area contributed by atoms with E-state index in [1.807, 2.05) is 49.1 Å². The zero-order valence-electron chi connectivity index (χ0n) is 11.3. The Morgan fingerprint density at radius 3 is 2.53 bits per heavy atom. The molecule has 0 heterocycles. The van der Waals surface area contributed by atoms with Crippen LogP contribution < -0.4 is 16.2 Å². The van der Waals surface area contributed by atoms with Gasteiger partial charge in [0.1, 0.15) is 6.04 Å². The molecule has 1 aromatic rings. The third-order valence-corrected chi connectivity index (χ3v) is 2.93. The number of hydrazine groups is 1. The third kappa shape index (κ3) is 3.97. The Labute approximate surface area is 114 Å². The van der Waals surface area contributed by atoms with Gasteiger partial charge in [-0.1, -0.05) is 32.0 Å². The van der Waals surface area contributed by atoms with Gasteiger partial charge in [0.25, 0.3) is 5.91 Å². The second-order valence-corrected chi connectivity index (χ2v) is 4.63. The molecule has 0 radical (unpaired) electrons. The van der Waals surface area contributed by atoms with Gasteiger partial charge >= 0.3 is 0 Å². The van der Waals surface area contributed by atoms with Crippen molar-refractivity contribution in [2.45, 2.75) is 26.3 Å². The Morgan fingerprint density at radius 2 is 2.05 bits per heavy atom. The average molecular weight is 260 g/mol. The van der Waals surface area contributed by atoms with Crippen molar-refractivity contribution in [2.75, 3.05) is 11.4 Å². The van der Waals surface area contributed by atoms with Crippen LogP contribution in [0, 0.1) is 17.2 Å². The normalized spacial score (nSPS) is 11.7. The van der Waals surface area contributed by atoms with Gasteiger partial charge in [-0.2, -0.15) is 5.26 Å². The zero-order chi connectivity index (χ0) is 14.3. The molecule has 0 bridgehead atoms. The second-order valence-electron chi connectivity index (χ2n) is 4.63. The number of hydrogen-bond acceptors (Lipinski definition) is 4. The summed E-state index contributed by atoms with van der Waals surface area (Å²) in [4.78, 5) is 13.9. The number of nitrogens with two attached hydrogens (primary N) is 1. The molecule has 0 aliphatic carbocycles. The van der Waals surface area contributed by atoms with Gasteiger partial charge in [-0.15, -0.1) is 0 Å². The van der Waals surface area contributed by atoms with E-state index < -0.39 is 0 Å². The van der Waals surface area contributed by atoms with E-state index in [9.17, 15) is 4.79 Å². The van der Waals surface area contributed by atoms with Crippen LogP contribution in [-0.4, -0.2) is 18.5 Å². The monoisotopic (exact) mass is 260 g/mol. The molecule has 5 heteroatoms. The molecule has 0 saturated carbocycles. The van der Waals surface area contributed by atoms with E-state index in [2.05, 4.69) is 11.5 Å². The van der Waals surface area contributed by atoms with Crippen LogP contribution in [0.25, 0.3) is 0 Å². The van der Waals surface area contributed by atoms with Crippen LogP contribution in [0.15, 0.2) is 30.3 Å². The number of nitrogens with one attached hydrogen (secondary N) is 1. The van der Waals surface area contributed by atoms with Crippen molar-refractivity contribution in [2.24, 2.45) is 11.8 Å². The minimum absolute atomic E-state index is 0.0856. The molecular formula is C14H20N4O. The maximum atomic E-state index is 12.0. The topological polar surface area (TPSA) is 82.2 Å². The van der Waals surface area contributed by atoms with Gasteiger partial charge < -0.3 is 4.90 Å². The lowest BCUT2D eigenvalue weighted by atomic mass is 10.0. The summed E-state index contributed by atoms with van der Waals surface area (Å²) in [5.74, 6) is 5.11. The van der Waals surface area contributed by atoms with Crippen molar-refractivity contribution in [3.8, 4) is 6.07 Å². The number of nitrogens with zero attached hydrogens (tertiary/aromatic N) is 2. The maximum Gasteiger partial charge on any atom is 0.256 e. The van der Waals surface area contributed by atoms with Gasteiger partial charge in [0.2, 0.25) is 0 Å². The van der Waals surface area contributed by atoms with E-state index in [4.69, 9.17) is 11.1 Å². The summed E-state index contributed by atoms with van der Waals surface area (Å²) < 4.78 is 0. The second kappa shape index (κ2) is 7.39. The smallest absolute Gasteiger partial charge is 0.256 e. The molecule has 1 aromatic carbocycles. The number of amides is 1. The molecule has 1 unspecified atom stereocenters. The Hall–Kier alpha value is -2.06. The lowest BCUT2D eigenvalue weighted by Crippen LogP contribution is -2.52. The molecule has 5 nitrogen and oxygen atoms in total. The van der Waals surface area contributed by atoms with Crippen LogP contribution >= 0.6 is 0 Å². The number of hydrogen-bond donors (Lipinski definition) is 2. The number of para-hydroxylation sites is 1. The summed E-state index contributed by atoms with van der Waals surface area (Å²) in [6.45, 7) is 4.42. The van der Waals surface area contributed by atoms with Crippen molar-refractivity contribution in [3.05, 3.63) is 30.3 Å². The molecule has 102 valence electrons. The summed E-state index contributed by atoms with van der Waals surface area (Å²) in [6.07, 6.45) is 0.357. The van der Waals surface area contributed by atoms with E-state index in [0.29, 0.717) is 13.0 Å². The Balaban J connectivity index is 3.07. The molecule has 1 amide bonds. The van der Waals surface area contributed by atoms with Crippen molar-refractivity contribution in [1.82, 2.24) is 5.43 Å². The quantitative estimate of drug-likeness (QED) is 0.460. The zero-order valence-corrected chi connectivity index (χ0v) is 11.3. The largest absolute Gasteiger partial charge is 0.358 e. The average Bonchev–Trinajstić information content (AvgIpc) is 2.43. The van der Waals surface area contributed by atoms with Crippen molar-refractivity contribution >= 4 is 11.6 Å². The molecule has 0 aliphatic heterocycles. The first-order chi connectivity index (χ1) is 9.11. The molecule has 1 rings (SSSR count). The lowest BCUT2D eigenvalue weighted by Gasteiger charge is -2.34. The molecule has 0 aliphatic rings. The molecule has 0 aromatic heterocycles. The van der Waals surface area contributed by atoms with Gasteiger partial charge in [-0.05, 0) is 18.1 Å². The van der Waals surface area contributed by atoms with Crippen molar-refractivity contribution in [1.29, 1.82) is 5.26 Å². The predicted molar refractivity (Wildman–Crippen MR) is 75.0 cm³/mol. The van der Waals surface area contributed by atoms with Crippen LogP contribution in [0.4, 0.5) is 5.69 Å². The summed E-state index contributed by atoms with van der Waals surface area (Å²) >= 11 is 0. The first-order valence-corrected chi connectivity index (χ1v) is 6.31. The van der Waals surface area contributed by atoms with Gasteiger partial charge in [-0.25, -0.2) is 5.84 Å². The van der Waals surface area contributed by atoms with E-state index in [0.717, 1.165) is 5.69 Å². The molecule has 1 atom stereocenters. The van der Waals surface area contributed by atoms with Crippen molar-refractivity contribution < 1.29 is 4.79 Å². The molecule has 0 fully saturated rings. The highest BCUT2D eigenvalue weighted by molar-refractivity contribution is 5.85. The number of carbonyl (C=O) groups excluding carboxylic acids is 1. The number of benzene rings is 1. The van der Waals surface area contributed by atoms with Gasteiger partial charge in [-0.3, -0.25) is 10.2 Å². The summed E-state index contributed by atoms with van der Waals surface area (Å²) in [6, 6.07) is 11.3. The SMILES string of the molecule is CC(C)C(C(=O)NN)N(CCC#N)c1ccccc1. The van der Waals surface area contributed by atoms with Gasteiger partial charge in [0, 0.05) is 12.2 Å². The molecule has 19 heavy (non-hydrogen) atoms. The lowest BCUT2D eigenvalue weighted by molar-refractivity contribution is -0.123. The Bertz CT molecular complexity index is 439. The first-order valence-electron chi connectivity index (χ1n) is 6.31. The van der Waals surface area contributed by atoms with Crippen LogP contribution in [-0.2, 0) is 4.79 Å². The molecule has 0 spiro atoms. The fourth-order valence-electron chi connectivity index (χ4n) is 2.11. The third-order valence-electron chi connectivity index (χ3n) is 2.93. The van der Waals surface area contributed by atoms with E-state index >= 15 is 0 Å². The minimum atomic E-state index is -0.388. The molecule has 3 N–H and O–H groups in total. The minimum Gasteiger partial charge on any atom is -0.358 e. The Morgan fingerprint density at radius 1 is 1.42 bits per heavy atom. The highest BCUT2D eigenvalue weighted by Crippen LogP contribution is 2.21. The fourth-order valence-corrected chi connectivity index (χ4v) is 2.11. The van der Waals surface area contributed by atoms with Crippen LogP contribution in [0.2, 0.25) is 0 Å². The summed E-state index contributed by atoms with van der Waals surface area (Å²) in [7, 11) is 0. The fraction of sp³-hybridized carbons (Fsp3) is 0.429. The standard InChI is InChI=1S/C14H20N4O/c1-11(2)13(14(19)17-16)18(10-6-9-15)12-7-4-3-5-8-12/h3-5,7-8,11,13H,6,10,16H2,1-2H3,(H,17,19). The van der Waals surface area contributed by atoms with Crippen LogP contribution in [0.1, 0.15) is 20.3 Å². The van der Waals surface area contributed by atoms with Crippen molar-refractivity contribution in [3.63, 3.8) is 0 Å². The Kier molecular flexibility index (Phi) is 5.83. The van der Waals surface area contributed by atoms with Gasteiger partial charge in [0.05, 0.1) is 12.5 Å². The molecular weight excluding hydrogens is 240 g/mol. The first kappa shape index (κ1) is 15.0. The van der Waals surface area contributed by atoms with E-state index in [1.165, 1.54) is 0 Å². The number of nitriles is 1. The highest BCUT2D eigenvalue weighted by Gasteiger charge is 2.28. The van der Waals surface area contributed by atoms with Crippen LogP contribution in [0.3, 0.4) is 0 Å². The predicted octanol–water partition coefficient (Wildman–Crippen LogP) is 1.42. The van der Waals surface area contributed by atoms with E-state index in [1.54, 1.807) is 0 Å².